The molecule has 1 heterocycles. The van der Waals surface area contributed by atoms with Crippen LogP contribution in [0.15, 0.2) is 53.0 Å². The van der Waals surface area contributed by atoms with E-state index in [9.17, 15) is 18.0 Å². The summed E-state index contributed by atoms with van der Waals surface area (Å²) in [5.74, 6) is -1.36. The summed E-state index contributed by atoms with van der Waals surface area (Å²) in [7, 11) is -3.43. The van der Waals surface area contributed by atoms with Gasteiger partial charge in [-0.2, -0.15) is 0 Å². The monoisotopic (exact) mass is 465 g/mol. The highest BCUT2D eigenvalue weighted by Crippen LogP contribution is 2.27. The number of amides is 2. The molecule has 1 fully saturated rings. The van der Waals surface area contributed by atoms with Crippen molar-refractivity contribution < 1.29 is 18.0 Å². The number of carbonyl (C=O) groups excluding carboxylic acids is 2. The van der Waals surface area contributed by atoms with Crippen molar-refractivity contribution in [2.75, 3.05) is 22.4 Å². The number of benzene rings is 2. The Morgan fingerprint density at radius 2 is 1.96 bits per heavy atom. The molecule has 2 aromatic carbocycles. The van der Waals surface area contributed by atoms with Gasteiger partial charge in [-0.15, -0.1) is 0 Å². The molecule has 28 heavy (non-hydrogen) atoms. The maximum absolute atomic E-state index is 12.7. The van der Waals surface area contributed by atoms with Gasteiger partial charge in [0, 0.05) is 23.2 Å². The van der Waals surface area contributed by atoms with E-state index in [0.29, 0.717) is 24.2 Å². The molecule has 1 aliphatic heterocycles. The second-order valence-electron chi connectivity index (χ2n) is 6.56. The fourth-order valence-corrected chi connectivity index (χ4v) is 4.09. The van der Waals surface area contributed by atoms with Crippen molar-refractivity contribution in [3.05, 3.63) is 58.6 Å². The van der Waals surface area contributed by atoms with Crippen LogP contribution >= 0.6 is 15.9 Å². The lowest BCUT2D eigenvalue weighted by Gasteiger charge is -2.17. The molecule has 0 saturated carbocycles. The lowest BCUT2D eigenvalue weighted by molar-refractivity contribution is -0.132. The highest BCUT2D eigenvalue weighted by atomic mass is 79.9. The number of hydrogen-bond acceptors (Lipinski definition) is 4. The normalized spacial score (nSPS) is 16.9. The van der Waals surface area contributed by atoms with Gasteiger partial charge in [-0.25, -0.2) is 8.42 Å². The lowest BCUT2D eigenvalue weighted by atomic mass is 10.1. The van der Waals surface area contributed by atoms with Crippen LogP contribution in [-0.4, -0.2) is 33.0 Å². The van der Waals surface area contributed by atoms with Gasteiger partial charge in [0.25, 0.3) is 0 Å². The molecular formula is C19H20BrN3O4S. The van der Waals surface area contributed by atoms with E-state index in [1.165, 1.54) is 0 Å². The number of rotatable bonds is 6. The smallest absolute Gasteiger partial charge is 0.239 e. The van der Waals surface area contributed by atoms with Gasteiger partial charge in [0.1, 0.15) is 5.92 Å². The molecule has 2 N–H and O–H groups in total. The molecule has 1 aliphatic rings. The van der Waals surface area contributed by atoms with Gasteiger partial charge in [-0.3, -0.25) is 14.3 Å². The number of anilines is 2. The molecule has 0 spiro atoms. The first-order valence-electron chi connectivity index (χ1n) is 8.65. The standard InChI is InChI=1S/C19H20BrN3O4S/c1-28(26,27)22-17-8-3-2-5-13(17)12-21-18(24)16-9-10-23(19(16)25)15-7-4-6-14(20)11-15/h2-8,11,16,22H,9-10,12H2,1H3,(H,21,24). The minimum absolute atomic E-state index is 0.123. The van der Waals surface area contributed by atoms with Gasteiger partial charge in [0.05, 0.1) is 11.9 Å². The largest absolute Gasteiger partial charge is 0.351 e. The van der Waals surface area contributed by atoms with E-state index in [0.717, 1.165) is 16.4 Å². The summed E-state index contributed by atoms with van der Waals surface area (Å²) in [6.45, 7) is 0.595. The molecule has 9 heteroatoms. The number of sulfonamides is 1. The average Bonchev–Trinajstić information content (AvgIpc) is 3.01. The van der Waals surface area contributed by atoms with Crippen molar-refractivity contribution in [2.24, 2.45) is 5.92 Å². The number of nitrogens with one attached hydrogen (secondary N) is 2. The quantitative estimate of drug-likeness (QED) is 0.640. The van der Waals surface area contributed by atoms with Crippen LogP contribution in [0, 0.1) is 5.92 Å². The maximum Gasteiger partial charge on any atom is 0.239 e. The van der Waals surface area contributed by atoms with Crippen molar-refractivity contribution in [3.63, 3.8) is 0 Å². The molecule has 7 nitrogen and oxygen atoms in total. The van der Waals surface area contributed by atoms with E-state index >= 15 is 0 Å². The van der Waals surface area contributed by atoms with Crippen molar-refractivity contribution in [1.29, 1.82) is 0 Å². The van der Waals surface area contributed by atoms with Crippen molar-refractivity contribution in [1.82, 2.24) is 5.32 Å². The summed E-state index contributed by atoms with van der Waals surface area (Å²) in [4.78, 5) is 26.9. The van der Waals surface area contributed by atoms with Crippen LogP contribution in [0.1, 0.15) is 12.0 Å². The first-order valence-corrected chi connectivity index (χ1v) is 11.3. The number of nitrogens with zero attached hydrogens (tertiary/aromatic N) is 1. The van der Waals surface area contributed by atoms with Gasteiger partial charge in [-0.1, -0.05) is 40.2 Å². The average molecular weight is 466 g/mol. The number of halogens is 1. The summed E-state index contributed by atoms with van der Waals surface area (Å²) >= 11 is 3.39. The van der Waals surface area contributed by atoms with Crippen LogP contribution in [0.4, 0.5) is 11.4 Å². The third kappa shape index (κ3) is 4.90. The molecule has 2 amide bonds. The molecule has 3 rings (SSSR count). The first kappa shape index (κ1) is 20.3. The van der Waals surface area contributed by atoms with E-state index in [1.54, 1.807) is 29.2 Å². The third-order valence-corrected chi connectivity index (χ3v) is 5.49. The highest BCUT2D eigenvalue weighted by molar-refractivity contribution is 9.10. The van der Waals surface area contributed by atoms with Crippen LogP contribution < -0.4 is 14.9 Å². The van der Waals surface area contributed by atoms with E-state index in [1.807, 2.05) is 24.3 Å². The Morgan fingerprint density at radius 3 is 2.68 bits per heavy atom. The predicted octanol–water partition coefficient (Wildman–Crippen LogP) is 2.49. The van der Waals surface area contributed by atoms with E-state index < -0.39 is 15.9 Å². The molecule has 0 radical (unpaired) electrons. The molecule has 0 bridgehead atoms. The molecular weight excluding hydrogens is 446 g/mol. The van der Waals surface area contributed by atoms with E-state index in [-0.39, 0.29) is 18.4 Å². The van der Waals surface area contributed by atoms with Gasteiger partial charge in [0.2, 0.25) is 21.8 Å². The zero-order valence-corrected chi connectivity index (χ0v) is 17.6. The van der Waals surface area contributed by atoms with Crippen LogP contribution in [0.5, 0.6) is 0 Å². The van der Waals surface area contributed by atoms with Gasteiger partial charge in [-0.05, 0) is 36.2 Å². The fraction of sp³-hybridized carbons (Fsp3) is 0.263. The van der Waals surface area contributed by atoms with Gasteiger partial charge in [0.15, 0.2) is 0 Å². The van der Waals surface area contributed by atoms with Gasteiger partial charge >= 0.3 is 0 Å². The minimum atomic E-state index is -3.43. The summed E-state index contributed by atoms with van der Waals surface area (Å²) in [6.07, 6.45) is 1.50. The summed E-state index contributed by atoms with van der Waals surface area (Å²) < 4.78 is 26.3. The Balaban J connectivity index is 1.66. The Hall–Kier alpha value is -2.39. The van der Waals surface area contributed by atoms with Crippen LogP contribution in [-0.2, 0) is 26.2 Å². The highest BCUT2D eigenvalue weighted by Gasteiger charge is 2.37. The molecule has 0 aliphatic carbocycles. The summed E-state index contributed by atoms with van der Waals surface area (Å²) in [6, 6.07) is 14.2. The van der Waals surface area contributed by atoms with E-state index in [2.05, 4.69) is 26.0 Å². The molecule has 0 aromatic heterocycles. The van der Waals surface area contributed by atoms with Crippen LogP contribution in [0.3, 0.4) is 0 Å². The number of carbonyl (C=O) groups is 2. The minimum Gasteiger partial charge on any atom is -0.351 e. The maximum atomic E-state index is 12.7. The second kappa shape index (κ2) is 8.32. The summed E-state index contributed by atoms with van der Waals surface area (Å²) in [5.41, 5.74) is 1.77. The second-order valence-corrected chi connectivity index (χ2v) is 9.22. The Kier molecular flexibility index (Phi) is 6.04. The SMILES string of the molecule is CS(=O)(=O)Nc1ccccc1CNC(=O)C1CCN(c2cccc(Br)c2)C1=O. The molecule has 1 saturated heterocycles. The first-order chi connectivity index (χ1) is 13.2. The molecule has 2 aromatic rings. The molecule has 1 unspecified atom stereocenters. The van der Waals surface area contributed by atoms with E-state index in [4.69, 9.17) is 0 Å². The Bertz CT molecular complexity index is 1010. The fourth-order valence-electron chi connectivity index (χ4n) is 3.10. The molecule has 148 valence electrons. The predicted molar refractivity (Wildman–Crippen MR) is 111 cm³/mol. The lowest BCUT2D eigenvalue weighted by Crippen LogP contribution is -2.36. The number of para-hydroxylation sites is 1. The zero-order valence-electron chi connectivity index (χ0n) is 15.2. The molecule has 1 atom stereocenters. The van der Waals surface area contributed by atoms with Crippen LogP contribution in [0.2, 0.25) is 0 Å². The van der Waals surface area contributed by atoms with Gasteiger partial charge < -0.3 is 10.2 Å². The van der Waals surface area contributed by atoms with Crippen LogP contribution in [0.25, 0.3) is 0 Å². The third-order valence-electron chi connectivity index (χ3n) is 4.41. The Labute approximate surface area is 172 Å². The summed E-state index contributed by atoms with van der Waals surface area (Å²) in [5, 5.41) is 2.75. The van der Waals surface area contributed by atoms with Crippen molar-refractivity contribution >= 4 is 49.1 Å². The van der Waals surface area contributed by atoms with Crippen molar-refractivity contribution in [2.45, 2.75) is 13.0 Å². The van der Waals surface area contributed by atoms with Crippen molar-refractivity contribution in [3.8, 4) is 0 Å². The Morgan fingerprint density at radius 1 is 1.21 bits per heavy atom. The zero-order chi connectivity index (χ0) is 20.3. The number of hydrogen-bond donors (Lipinski definition) is 2. The topological polar surface area (TPSA) is 95.6 Å².